The van der Waals surface area contributed by atoms with E-state index in [0.29, 0.717) is 15.8 Å². The summed E-state index contributed by atoms with van der Waals surface area (Å²) in [6, 6.07) is 11.1. The van der Waals surface area contributed by atoms with E-state index in [2.05, 4.69) is 15.0 Å². The molecule has 3 heterocycles. The Labute approximate surface area is 139 Å². The summed E-state index contributed by atoms with van der Waals surface area (Å²) in [5, 5.41) is 14.1. The minimum absolute atomic E-state index is 0.104. The number of hydrogen-bond donors (Lipinski definition) is 3. The van der Waals surface area contributed by atoms with Crippen LogP contribution in [0.25, 0.3) is 43.1 Å². The standard InChI is InChI=1S/C18H11N3O2S/c22-14-4-3-12-16(10-5-6-24-17(10)18(23)21-12)15(14)9-1-2-11-13(7-9)20-8-19-11/h1-8,22H,(H,19,20)(H,21,23). The summed E-state index contributed by atoms with van der Waals surface area (Å²) in [4.78, 5) is 22.4. The van der Waals surface area contributed by atoms with Gasteiger partial charge in [0.15, 0.2) is 0 Å². The van der Waals surface area contributed by atoms with Gasteiger partial charge in [-0.05, 0) is 41.3 Å². The quantitative estimate of drug-likeness (QED) is 0.434. The van der Waals surface area contributed by atoms with E-state index >= 15 is 0 Å². The fraction of sp³-hybridized carbons (Fsp3) is 0. The van der Waals surface area contributed by atoms with Crippen molar-refractivity contribution in [2.24, 2.45) is 0 Å². The molecule has 3 aromatic heterocycles. The first-order valence-electron chi connectivity index (χ1n) is 7.41. The minimum Gasteiger partial charge on any atom is -0.507 e. The van der Waals surface area contributed by atoms with Crippen LogP contribution in [0.1, 0.15) is 0 Å². The Morgan fingerprint density at radius 2 is 2.00 bits per heavy atom. The van der Waals surface area contributed by atoms with Gasteiger partial charge < -0.3 is 15.1 Å². The van der Waals surface area contributed by atoms with E-state index < -0.39 is 0 Å². The van der Waals surface area contributed by atoms with Gasteiger partial charge in [0.1, 0.15) is 10.4 Å². The lowest BCUT2D eigenvalue weighted by molar-refractivity contribution is 0.478. The Kier molecular flexibility index (Phi) is 2.60. The molecule has 0 unspecified atom stereocenters. The third-order valence-corrected chi connectivity index (χ3v) is 5.19. The predicted octanol–water partition coefficient (Wildman–Crippen LogP) is 3.99. The van der Waals surface area contributed by atoms with Crippen LogP contribution in [0.15, 0.2) is 52.9 Å². The second-order valence-electron chi connectivity index (χ2n) is 5.63. The first kappa shape index (κ1) is 13.3. The van der Waals surface area contributed by atoms with Crippen LogP contribution >= 0.6 is 11.3 Å². The molecule has 0 aliphatic heterocycles. The number of H-pyrrole nitrogens is 2. The Hall–Kier alpha value is -3.12. The number of rotatable bonds is 1. The first-order valence-corrected chi connectivity index (χ1v) is 8.29. The van der Waals surface area contributed by atoms with Crippen LogP contribution in [0.3, 0.4) is 0 Å². The van der Waals surface area contributed by atoms with Gasteiger partial charge in [-0.3, -0.25) is 4.79 Å². The van der Waals surface area contributed by atoms with Gasteiger partial charge in [-0.25, -0.2) is 4.98 Å². The molecule has 0 spiro atoms. The van der Waals surface area contributed by atoms with Crippen LogP contribution in [0.5, 0.6) is 5.75 Å². The largest absolute Gasteiger partial charge is 0.507 e. The van der Waals surface area contributed by atoms with Gasteiger partial charge in [0.2, 0.25) is 0 Å². The maximum atomic E-state index is 12.2. The van der Waals surface area contributed by atoms with Crippen molar-refractivity contribution in [3.05, 3.63) is 58.5 Å². The molecule has 5 nitrogen and oxygen atoms in total. The third kappa shape index (κ3) is 1.74. The van der Waals surface area contributed by atoms with E-state index in [9.17, 15) is 9.90 Å². The molecule has 6 heteroatoms. The number of aromatic nitrogens is 3. The third-order valence-electron chi connectivity index (χ3n) is 4.28. The smallest absolute Gasteiger partial charge is 0.266 e. The summed E-state index contributed by atoms with van der Waals surface area (Å²) in [7, 11) is 0. The van der Waals surface area contributed by atoms with Gasteiger partial charge in [-0.1, -0.05) is 6.07 Å². The number of thiophene rings is 1. The number of fused-ring (bicyclic) bond motifs is 4. The molecule has 0 amide bonds. The van der Waals surface area contributed by atoms with Gasteiger partial charge in [0, 0.05) is 21.9 Å². The van der Waals surface area contributed by atoms with Crippen molar-refractivity contribution in [2.75, 3.05) is 0 Å². The molecule has 2 aromatic carbocycles. The summed E-state index contributed by atoms with van der Waals surface area (Å²) in [6.45, 7) is 0. The fourth-order valence-electron chi connectivity index (χ4n) is 3.22. The number of imidazole rings is 1. The van der Waals surface area contributed by atoms with Crippen LogP contribution in [-0.2, 0) is 0 Å². The van der Waals surface area contributed by atoms with E-state index in [4.69, 9.17) is 0 Å². The van der Waals surface area contributed by atoms with Crippen LogP contribution in [-0.4, -0.2) is 20.1 Å². The molecular formula is C18H11N3O2S. The lowest BCUT2D eigenvalue weighted by Crippen LogP contribution is -2.04. The molecule has 0 aliphatic carbocycles. The molecule has 24 heavy (non-hydrogen) atoms. The number of hydrogen-bond acceptors (Lipinski definition) is 4. The maximum Gasteiger partial charge on any atom is 0.266 e. The average molecular weight is 333 g/mol. The molecule has 0 saturated carbocycles. The molecule has 3 N–H and O–H groups in total. The number of phenols is 1. The highest BCUT2D eigenvalue weighted by Crippen LogP contribution is 2.40. The fourth-order valence-corrected chi connectivity index (χ4v) is 4.02. The number of phenolic OH excluding ortho intramolecular Hbond substituents is 1. The van der Waals surface area contributed by atoms with E-state index in [-0.39, 0.29) is 11.3 Å². The number of pyridine rings is 1. The van der Waals surface area contributed by atoms with Crippen molar-refractivity contribution in [3.8, 4) is 16.9 Å². The zero-order valence-electron chi connectivity index (χ0n) is 12.3. The number of benzene rings is 2. The second-order valence-corrected chi connectivity index (χ2v) is 6.55. The van der Waals surface area contributed by atoms with Gasteiger partial charge in [0.25, 0.3) is 5.56 Å². The van der Waals surface area contributed by atoms with Crippen LogP contribution in [0.2, 0.25) is 0 Å². The molecular weight excluding hydrogens is 322 g/mol. The summed E-state index contributed by atoms with van der Waals surface area (Å²) >= 11 is 1.40. The monoisotopic (exact) mass is 333 g/mol. The van der Waals surface area contributed by atoms with Crippen molar-refractivity contribution >= 4 is 43.4 Å². The van der Waals surface area contributed by atoms with Crippen molar-refractivity contribution in [1.29, 1.82) is 0 Å². The first-order chi connectivity index (χ1) is 11.7. The minimum atomic E-state index is -0.104. The molecule has 0 aliphatic rings. The molecule has 5 aromatic rings. The number of nitrogens with one attached hydrogen (secondary N) is 2. The van der Waals surface area contributed by atoms with E-state index in [0.717, 1.165) is 27.4 Å². The molecule has 0 bridgehead atoms. The topological polar surface area (TPSA) is 81.8 Å². The highest BCUT2D eigenvalue weighted by Gasteiger charge is 2.15. The summed E-state index contributed by atoms with van der Waals surface area (Å²) < 4.78 is 0.664. The lowest BCUT2D eigenvalue weighted by Gasteiger charge is -2.11. The van der Waals surface area contributed by atoms with Crippen LogP contribution in [0.4, 0.5) is 0 Å². The Balaban J connectivity index is 1.98. The number of aromatic hydroxyl groups is 1. The molecule has 0 atom stereocenters. The van der Waals surface area contributed by atoms with Crippen molar-refractivity contribution in [1.82, 2.24) is 15.0 Å². The molecule has 0 saturated heterocycles. The summed E-state index contributed by atoms with van der Waals surface area (Å²) in [5.74, 6) is 0.181. The van der Waals surface area contributed by atoms with Gasteiger partial charge >= 0.3 is 0 Å². The Bertz CT molecular complexity index is 1300. The van der Waals surface area contributed by atoms with E-state index in [1.54, 1.807) is 18.5 Å². The number of aromatic amines is 2. The normalized spacial score (nSPS) is 11.7. The van der Waals surface area contributed by atoms with Crippen molar-refractivity contribution in [2.45, 2.75) is 0 Å². The SMILES string of the molecule is O=c1[nH]c2ccc(O)c(-c3ccc4nc[nH]c4c3)c2c2ccsc12. The van der Waals surface area contributed by atoms with Gasteiger partial charge in [0.05, 0.1) is 17.4 Å². The lowest BCUT2D eigenvalue weighted by atomic mass is 9.97. The molecule has 0 fully saturated rings. The van der Waals surface area contributed by atoms with Crippen LogP contribution < -0.4 is 5.56 Å². The van der Waals surface area contributed by atoms with Gasteiger partial charge in [-0.2, -0.15) is 0 Å². The molecule has 116 valence electrons. The highest BCUT2D eigenvalue weighted by atomic mass is 32.1. The zero-order valence-corrected chi connectivity index (χ0v) is 13.1. The highest BCUT2D eigenvalue weighted by molar-refractivity contribution is 7.17. The average Bonchev–Trinajstić information content (AvgIpc) is 3.24. The van der Waals surface area contributed by atoms with E-state index in [1.165, 1.54) is 11.3 Å². The van der Waals surface area contributed by atoms with E-state index in [1.807, 2.05) is 29.6 Å². The van der Waals surface area contributed by atoms with Crippen LogP contribution in [0, 0.1) is 0 Å². The Morgan fingerprint density at radius 1 is 1.08 bits per heavy atom. The zero-order chi connectivity index (χ0) is 16.3. The maximum absolute atomic E-state index is 12.2. The molecule has 5 rings (SSSR count). The number of nitrogens with zero attached hydrogens (tertiary/aromatic N) is 1. The molecule has 0 radical (unpaired) electrons. The summed E-state index contributed by atoms with van der Waals surface area (Å²) in [6.07, 6.45) is 1.64. The predicted molar refractivity (Wildman–Crippen MR) is 96.7 cm³/mol. The van der Waals surface area contributed by atoms with Gasteiger partial charge in [-0.15, -0.1) is 11.3 Å². The Morgan fingerprint density at radius 3 is 2.92 bits per heavy atom. The van der Waals surface area contributed by atoms with Crippen molar-refractivity contribution < 1.29 is 5.11 Å². The van der Waals surface area contributed by atoms with Crippen molar-refractivity contribution in [3.63, 3.8) is 0 Å². The summed E-state index contributed by atoms with van der Waals surface area (Å²) in [5.41, 5.74) is 3.96. The second kappa shape index (κ2) is 4.69.